The third kappa shape index (κ3) is 7.33. The molecule has 2 aromatic carbocycles. The third-order valence-electron chi connectivity index (χ3n) is 6.11. The molecule has 11 heteroatoms. The van der Waals surface area contributed by atoms with E-state index in [0.29, 0.717) is 64.0 Å². The van der Waals surface area contributed by atoms with E-state index in [1.165, 1.54) is 12.2 Å². The maximum atomic E-state index is 12.4. The van der Waals surface area contributed by atoms with Crippen LogP contribution in [0.5, 0.6) is 0 Å². The smallest absolute Gasteiger partial charge is 0.250 e. The van der Waals surface area contributed by atoms with Gasteiger partial charge in [0.05, 0.1) is 20.8 Å². The van der Waals surface area contributed by atoms with Crippen molar-refractivity contribution in [1.29, 1.82) is 0 Å². The lowest BCUT2D eigenvalue weighted by atomic mass is 10.1. The van der Waals surface area contributed by atoms with E-state index in [0.717, 1.165) is 5.69 Å². The van der Waals surface area contributed by atoms with Gasteiger partial charge in [-0.2, -0.15) is 0 Å². The highest BCUT2D eigenvalue weighted by Gasteiger charge is 2.24. The maximum Gasteiger partial charge on any atom is 0.250 e. The number of carbonyl (C=O) groups is 2. The Morgan fingerprint density at radius 3 is 2.44 bits per heavy atom. The van der Waals surface area contributed by atoms with Gasteiger partial charge in [0.2, 0.25) is 11.8 Å². The first-order valence-corrected chi connectivity index (χ1v) is 13.8. The fraction of sp³-hybridized carbons (Fsp3) is 0.250. The molecule has 0 unspecified atom stereocenters. The Labute approximate surface area is 247 Å². The Morgan fingerprint density at radius 1 is 1.00 bits per heavy atom. The van der Waals surface area contributed by atoms with Gasteiger partial charge in [0, 0.05) is 49.4 Å². The molecule has 1 aliphatic heterocycles. The summed E-state index contributed by atoms with van der Waals surface area (Å²) in [6, 6.07) is 14.2. The van der Waals surface area contributed by atoms with Gasteiger partial charge < -0.3 is 19.5 Å². The molecule has 2 amide bonds. The molecule has 0 atom stereocenters. The van der Waals surface area contributed by atoms with Crippen LogP contribution in [-0.4, -0.2) is 48.0 Å². The molecule has 4 rings (SSSR count). The largest absolute Gasteiger partial charge is 0.457 e. The van der Waals surface area contributed by atoms with Crippen LogP contribution in [0.25, 0.3) is 17.4 Å². The quantitative estimate of drug-likeness (QED) is 0.239. The van der Waals surface area contributed by atoms with Gasteiger partial charge in [-0.25, -0.2) is 0 Å². The molecule has 1 saturated heterocycles. The summed E-state index contributed by atoms with van der Waals surface area (Å²) >= 11 is 24.2. The Balaban J connectivity index is 1.29. The van der Waals surface area contributed by atoms with E-state index in [2.05, 4.69) is 15.5 Å². The topological polar surface area (TPSA) is 77.8 Å². The van der Waals surface area contributed by atoms with Gasteiger partial charge in [0.1, 0.15) is 11.5 Å². The average Bonchev–Trinajstić information content (AvgIpc) is 3.37. The van der Waals surface area contributed by atoms with Crippen molar-refractivity contribution in [1.82, 2.24) is 10.2 Å². The van der Waals surface area contributed by atoms with Crippen molar-refractivity contribution in [3.63, 3.8) is 0 Å². The van der Waals surface area contributed by atoms with Crippen LogP contribution in [0.1, 0.15) is 19.6 Å². The Bertz CT molecular complexity index is 1410. The maximum absolute atomic E-state index is 12.4. The summed E-state index contributed by atoms with van der Waals surface area (Å²) in [6.07, 6.45) is 2.84. The van der Waals surface area contributed by atoms with E-state index in [-0.39, 0.29) is 16.9 Å². The minimum atomic E-state index is -0.428. The number of benzene rings is 2. The molecule has 39 heavy (non-hydrogen) atoms. The van der Waals surface area contributed by atoms with Crippen LogP contribution in [0, 0.1) is 5.92 Å². The number of anilines is 2. The Kier molecular flexibility index (Phi) is 9.56. The zero-order valence-electron chi connectivity index (χ0n) is 21.3. The summed E-state index contributed by atoms with van der Waals surface area (Å²) in [5.74, 6) is 0.727. The molecule has 3 aromatic rings. The summed E-state index contributed by atoms with van der Waals surface area (Å²) in [5.41, 5.74) is 2.18. The number of halogens is 3. The Hall–Kier alpha value is -3.04. The number of hydrogen-bond donors (Lipinski definition) is 2. The lowest BCUT2D eigenvalue weighted by Gasteiger charge is -2.37. The van der Waals surface area contributed by atoms with Crippen molar-refractivity contribution in [2.75, 3.05) is 36.4 Å². The minimum absolute atomic E-state index is 0.0114. The third-order valence-corrected chi connectivity index (χ3v) is 7.44. The van der Waals surface area contributed by atoms with E-state index in [4.69, 9.17) is 51.4 Å². The molecule has 1 aliphatic rings. The lowest BCUT2D eigenvalue weighted by molar-refractivity contribution is -0.134. The second kappa shape index (κ2) is 12.9. The van der Waals surface area contributed by atoms with E-state index in [9.17, 15) is 9.59 Å². The molecule has 0 radical (unpaired) electrons. The van der Waals surface area contributed by atoms with Gasteiger partial charge >= 0.3 is 0 Å². The second-order valence-corrected chi connectivity index (χ2v) is 10.8. The molecular formula is C28H27Cl3N4O3S. The van der Waals surface area contributed by atoms with E-state index < -0.39 is 5.91 Å². The van der Waals surface area contributed by atoms with E-state index in [1.54, 1.807) is 36.4 Å². The SMILES string of the molecule is CC(C)C(=O)N1CCN(c2ccc(NC(=S)NC(=O)C=Cc3ccc(-c4cccc(Cl)c4Cl)o3)cc2Cl)CC1. The van der Waals surface area contributed by atoms with Crippen molar-refractivity contribution < 1.29 is 14.0 Å². The summed E-state index contributed by atoms with van der Waals surface area (Å²) in [7, 11) is 0. The average molecular weight is 606 g/mol. The molecule has 0 spiro atoms. The monoisotopic (exact) mass is 604 g/mol. The minimum Gasteiger partial charge on any atom is -0.457 e. The standard InChI is InChI=1S/C28H27Cl3N4O3S/c1-17(2)27(37)35-14-12-34(13-15-35)23-9-6-18(16-22(23)30)32-28(39)33-25(36)11-8-19-7-10-24(38-19)20-4-3-5-21(29)26(20)31/h3-11,16-17H,12-15H2,1-2H3,(H2,32,33,36,39). The van der Waals surface area contributed by atoms with E-state index >= 15 is 0 Å². The fourth-order valence-corrected chi connectivity index (χ4v) is 5.04. The zero-order chi connectivity index (χ0) is 28.1. The number of thiocarbonyl (C=S) groups is 1. The number of amides is 2. The number of piperazine rings is 1. The van der Waals surface area contributed by atoms with Gasteiger partial charge in [0.25, 0.3) is 0 Å². The Morgan fingerprint density at radius 2 is 1.74 bits per heavy atom. The van der Waals surface area contributed by atoms with Crippen molar-refractivity contribution in [3.05, 3.63) is 75.4 Å². The van der Waals surface area contributed by atoms with Crippen LogP contribution >= 0.6 is 47.0 Å². The molecule has 0 saturated carbocycles. The zero-order valence-corrected chi connectivity index (χ0v) is 24.4. The van der Waals surface area contributed by atoms with Gasteiger partial charge in [-0.05, 0) is 60.8 Å². The summed E-state index contributed by atoms with van der Waals surface area (Å²) < 4.78 is 5.76. The fourth-order valence-electron chi connectivity index (χ4n) is 4.13. The van der Waals surface area contributed by atoms with Crippen LogP contribution in [-0.2, 0) is 9.59 Å². The predicted molar refractivity (Wildman–Crippen MR) is 163 cm³/mol. The van der Waals surface area contributed by atoms with Crippen LogP contribution in [0.4, 0.5) is 11.4 Å². The van der Waals surface area contributed by atoms with Crippen LogP contribution < -0.4 is 15.5 Å². The van der Waals surface area contributed by atoms with Crippen molar-refractivity contribution in [3.8, 4) is 11.3 Å². The van der Waals surface area contributed by atoms with Gasteiger partial charge in [-0.1, -0.05) is 54.7 Å². The van der Waals surface area contributed by atoms with Crippen LogP contribution in [0.2, 0.25) is 15.1 Å². The first-order chi connectivity index (χ1) is 18.6. The first kappa shape index (κ1) is 29.0. The summed E-state index contributed by atoms with van der Waals surface area (Å²) in [6.45, 7) is 6.54. The molecule has 1 fully saturated rings. The summed E-state index contributed by atoms with van der Waals surface area (Å²) in [5, 5.41) is 7.07. The molecule has 0 bridgehead atoms. The lowest BCUT2D eigenvalue weighted by Crippen LogP contribution is -2.50. The van der Waals surface area contributed by atoms with Crippen molar-refractivity contribution >= 4 is 81.4 Å². The molecule has 7 nitrogen and oxygen atoms in total. The number of furan rings is 1. The van der Waals surface area contributed by atoms with Crippen LogP contribution in [0.15, 0.2) is 59.0 Å². The molecule has 1 aromatic heterocycles. The predicted octanol–water partition coefficient (Wildman–Crippen LogP) is 6.74. The van der Waals surface area contributed by atoms with Gasteiger partial charge in [0.15, 0.2) is 5.11 Å². The summed E-state index contributed by atoms with van der Waals surface area (Å²) in [4.78, 5) is 28.6. The van der Waals surface area contributed by atoms with Crippen molar-refractivity contribution in [2.24, 2.45) is 5.92 Å². The molecule has 2 heterocycles. The van der Waals surface area contributed by atoms with Gasteiger partial charge in [-0.15, -0.1) is 0 Å². The molecule has 204 valence electrons. The number of hydrogen-bond acceptors (Lipinski definition) is 5. The highest BCUT2D eigenvalue weighted by Crippen LogP contribution is 2.34. The second-order valence-electron chi connectivity index (χ2n) is 9.21. The number of nitrogens with one attached hydrogen (secondary N) is 2. The van der Waals surface area contributed by atoms with Crippen LogP contribution in [0.3, 0.4) is 0 Å². The van der Waals surface area contributed by atoms with E-state index in [1.807, 2.05) is 30.9 Å². The molecular weight excluding hydrogens is 579 g/mol. The highest BCUT2D eigenvalue weighted by molar-refractivity contribution is 7.80. The normalized spacial score (nSPS) is 13.7. The number of nitrogens with zero attached hydrogens (tertiary/aromatic N) is 2. The molecule has 2 N–H and O–H groups in total. The molecule has 0 aliphatic carbocycles. The number of rotatable bonds is 6. The number of carbonyl (C=O) groups excluding carboxylic acids is 2. The first-order valence-electron chi connectivity index (χ1n) is 12.3. The highest BCUT2D eigenvalue weighted by atomic mass is 35.5. The van der Waals surface area contributed by atoms with Crippen molar-refractivity contribution in [2.45, 2.75) is 13.8 Å². The van der Waals surface area contributed by atoms with Gasteiger partial charge in [-0.3, -0.25) is 14.9 Å².